The van der Waals surface area contributed by atoms with Gasteiger partial charge >= 0.3 is 0 Å². The van der Waals surface area contributed by atoms with E-state index in [0.717, 1.165) is 75.1 Å². The van der Waals surface area contributed by atoms with Crippen LogP contribution in [0.25, 0.3) is 44.3 Å². The molecule has 3 aliphatic rings. The highest BCUT2D eigenvalue weighted by Gasteiger charge is 2.44. The van der Waals surface area contributed by atoms with Crippen molar-refractivity contribution in [2.75, 3.05) is 19.8 Å². The molecule has 0 radical (unpaired) electrons. The van der Waals surface area contributed by atoms with E-state index in [2.05, 4.69) is 22.8 Å². The topological polar surface area (TPSA) is 186 Å². The molecule has 0 amide bonds. The van der Waals surface area contributed by atoms with Crippen LogP contribution in [-0.4, -0.2) is 94.6 Å². The van der Waals surface area contributed by atoms with Gasteiger partial charge in [0.2, 0.25) is 0 Å². The van der Waals surface area contributed by atoms with Crippen molar-refractivity contribution in [2.45, 2.75) is 66.6 Å². The highest BCUT2D eigenvalue weighted by molar-refractivity contribution is 7.85. The first kappa shape index (κ1) is 41.2. The molecule has 7 unspecified atom stereocenters. The van der Waals surface area contributed by atoms with Gasteiger partial charge in [-0.3, -0.25) is 4.55 Å². The summed E-state index contributed by atoms with van der Waals surface area (Å²) in [6.07, 6.45) is -0.264. The van der Waals surface area contributed by atoms with Crippen molar-refractivity contribution >= 4 is 48.8 Å². The molecule has 4 heterocycles. The largest absolute Gasteiger partial charge is 0.491 e. The van der Waals surface area contributed by atoms with Crippen molar-refractivity contribution in [1.82, 2.24) is 4.57 Å². The summed E-state index contributed by atoms with van der Waals surface area (Å²) in [5, 5.41) is 44.4. The van der Waals surface area contributed by atoms with E-state index in [1.54, 1.807) is 24.3 Å². The van der Waals surface area contributed by atoms with Crippen LogP contribution in [-0.2, 0) is 25.2 Å². The number of benzene rings is 6. The predicted octanol–water partition coefficient (Wildman–Crippen LogP) is 6.66. The Kier molecular flexibility index (Phi) is 10.7. The van der Waals surface area contributed by atoms with Gasteiger partial charge in [-0.05, 0) is 91.4 Å². The minimum atomic E-state index is -4.42. The lowest BCUT2D eigenvalue weighted by atomic mass is 9.82. The van der Waals surface area contributed by atoms with Gasteiger partial charge in [0, 0.05) is 45.1 Å². The van der Waals surface area contributed by atoms with E-state index in [9.17, 15) is 33.4 Å². The third-order valence-corrected chi connectivity index (χ3v) is 13.2. The van der Waals surface area contributed by atoms with Gasteiger partial charge in [-0.15, -0.1) is 0 Å². The molecule has 1 aromatic heterocycles. The zero-order valence-corrected chi connectivity index (χ0v) is 34.7. The van der Waals surface area contributed by atoms with Gasteiger partial charge in [0.05, 0.1) is 22.0 Å². The van der Waals surface area contributed by atoms with Gasteiger partial charge in [-0.2, -0.15) is 8.42 Å². The lowest BCUT2D eigenvalue weighted by Crippen LogP contribution is -2.58. The molecule has 0 spiro atoms. The lowest BCUT2D eigenvalue weighted by Gasteiger charge is -2.38. The van der Waals surface area contributed by atoms with E-state index in [0.29, 0.717) is 29.5 Å². The Bertz CT molecular complexity index is 2950. The van der Waals surface area contributed by atoms with Gasteiger partial charge in [-0.1, -0.05) is 66.7 Å². The zero-order chi connectivity index (χ0) is 43.5. The molecule has 3 aliphatic heterocycles. The van der Waals surface area contributed by atoms with Crippen molar-refractivity contribution in [3.63, 3.8) is 0 Å². The van der Waals surface area contributed by atoms with Gasteiger partial charge in [0.25, 0.3) is 10.1 Å². The minimum absolute atomic E-state index is 0.0441. The van der Waals surface area contributed by atoms with Crippen molar-refractivity contribution in [2.24, 2.45) is 0 Å². The van der Waals surface area contributed by atoms with Gasteiger partial charge in [-0.25, -0.2) is 0 Å². The Hall–Kier alpha value is -5.81. The Morgan fingerprint density at radius 2 is 1.33 bits per heavy atom. The minimum Gasteiger partial charge on any atom is -0.491 e. The molecule has 6 aromatic carbocycles. The molecule has 5 N–H and O–H groups in total. The van der Waals surface area contributed by atoms with Crippen molar-refractivity contribution in [3.8, 4) is 22.9 Å². The Labute approximate surface area is 362 Å². The summed E-state index contributed by atoms with van der Waals surface area (Å²) in [5.41, 5.74) is 3.62. The molecule has 0 bridgehead atoms. The molecule has 63 heavy (non-hydrogen) atoms. The second-order valence-electron chi connectivity index (χ2n) is 16.2. The fourth-order valence-corrected chi connectivity index (χ4v) is 9.54. The van der Waals surface area contributed by atoms with Crippen LogP contribution < -0.4 is 14.2 Å². The summed E-state index contributed by atoms with van der Waals surface area (Å²) in [6.45, 7) is 0.975. The van der Waals surface area contributed by atoms with E-state index in [1.165, 1.54) is 12.1 Å². The summed E-state index contributed by atoms with van der Waals surface area (Å²) in [7, 11) is -4.42. The van der Waals surface area contributed by atoms with E-state index in [-0.39, 0.29) is 17.6 Å². The summed E-state index contributed by atoms with van der Waals surface area (Å²) in [4.78, 5) is -0.208. The van der Waals surface area contributed by atoms with Gasteiger partial charge < -0.3 is 48.7 Å². The molecule has 0 aliphatic carbocycles. The van der Waals surface area contributed by atoms with E-state index in [4.69, 9.17) is 23.7 Å². The number of aliphatic hydroxyl groups is 4. The van der Waals surface area contributed by atoms with Crippen molar-refractivity contribution < 1.29 is 57.1 Å². The molecule has 14 heteroatoms. The number of hydrogen-bond acceptors (Lipinski definition) is 11. The van der Waals surface area contributed by atoms with Crippen LogP contribution >= 0.6 is 0 Å². The second-order valence-corrected chi connectivity index (χ2v) is 17.6. The number of para-hydroxylation sites is 1. The monoisotopic (exact) mass is 871 g/mol. The van der Waals surface area contributed by atoms with E-state index in [1.807, 2.05) is 78.9 Å². The molecule has 10 rings (SSSR count). The van der Waals surface area contributed by atoms with Crippen LogP contribution in [0.2, 0.25) is 0 Å². The fraction of sp³-hybridized carbons (Fsp3) is 0.265. The van der Waals surface area contributed by atoms with Crippen LogP contribution in [0.5, 0.6) is 17.2 Å². The van der Waals surface area contributed by atoms with Crippen LogP contribution in [0.1, 0.15) is 36.0 Å². The van der Waals surface area contributed by atoms with Gasteiger partial charge in [0.1, 0.15) is 54.9 Å². The zero-order valence-electron chi connectivity index (χ0n) is 33.9. The maximum absolute atomic E-state index is 12.0. The van der Waals surface area contributed by atoms with Gasteiger partial charge in [0.15, 0.2) is 11.9 Å². The third kappa shape index (κ3) is 7.41. The lowest BCUT2D eigenvalue weighted by molar-refractivity contribution is -0.285. The van der Waals surface area contributed by atoms with Crippen LogP contribution in [0.15, 0.2) is 132 Å². The number of rotatable bonds is 10. The smallest absolute Gasteiger partial charge is 0.294 e. The average molecular weight is 872 g/mol. The molecular formula is C49H45NO12S. The maximum Gasteiger partial charge on any atom is 0.294 e. The molecular weight excluding hydrogens is 827 g/mol. The third-order valence-electron chi connectivity index (χ3n) is 12.3. The summed E-state index contributed by atoms with van der Waals surface area (Å²) in [5.74, 6) is 1.74. The Balaban J connectivity index is 1.09. The SMILES string of the molecule is O=S(=O)(O)c1ccc(-n2c3ccccc3c3c4ccccc4c4c(c32)C=CC(c2ccc(OCC3CCCCO3)cc2)(c2ccc(OCC3OC(O)C(O)C(O)C3O)cc2)O4)cc1. The first-order valence-corrected chi connectivity index (χ1v) is 22.3. The first-order chi connectivity index (χ1) is 30.5. The highest BCUT2D eigenvalue weighted by Crippen LogP contribution is 2.51. The Morgan fingerprint density at radius 3 is 1.98 bits per heavy atom. The van der Waals surface area contributed by atoms with Crippen LogP contribution in [0, 0.1) is 0 Å². The Morgan fingerprint density at radius 1 is 0.698 bits per heavy atom. The predicted molar refractivity (Wildman–Crippen MR) is 235 cm³/mol. The molecule has 7 aromatic rings. The molecule has 2 fully saturated rings. The summed E-state index contributed by atoms with van der Waals surface area (Å²) < 4.78 is 66.8. The standard InChI is InChI=1S/C49H45NO12S/c51-44-41(61-48(54)46(53)45(44)52)28-60-33-20-14-30(15-21-33)49(29-12-18-32(19-13-29)59-27-34-7-5-6-26-58-34)25-24-39-43-42(36-8-1-2-9-37(36)47(39)62-49)38-10-3-4-11-40(38)50(43)31-16-22-35(23-17-31)63(55,56)57/h1-4,8-25,34,41,44-46,48,51-54H,5-7,26-28H2,(H,55,56,57). The normalized spacial score (nSPS) is 24.9. The first-order valence-electron chi connectivity index (χ1n) is 20.9. The molecule has 324 valence electrons. The van der Waals surface area contributed by atoms with Crippen molar-refractivity contribution in [1.29, 1.82) is 0 Å². The van der Waals surface area contributed by atoms with E-state index < -0.39 is 46.4 Å². The van der Waals surface area contributed by atoms with Crippen LogP contribution in [0.4, 0.5) is 0 Å². The van der Waals surface area contributed by atoms with E-state index >= 15 is 0 Å². The number of ether oxygens (including phenoxy) is 5. The number of aromatic nitrogens is 1. The quantitative estimate of drug-likeness (QED) is 0.0923. The fourth-order valence-electron chi connectivity index (χ4n) is 9.06. The maximum atomic E-state index is 12.0. The molecule has 2 saturated heterocycles. The number of nitrogens with zero attached hydrogens (tertiary/aromatic N) is 1. The molecule has 13 nitrogen and oxygen atoms in total. The number of fused-ring (bicyclic) bond motifs is 8. The second kappa shape index (κ2) is 16.4. The van der Waals surface area contributed by atoms with Crippen LogP contribution in [0.3, 0.4) is 0 Å². The summed E-state index contributed by atoms with van der Waals surface area (Å²) >= 11 is 0. The average Bonchev–Trinajstić information content (AvgIpc) is 3.67. The van der Waals surface area contributed by atoms with Crippen molar-refractivity contribution in [3.05, 3.63) is 144 Å². The molecule has 7 atom stereocenters. The molecule has 0 saturated carbocycles. The number of aliphatic hydroxyl groups excluding tert-OH is 4. The highest BCUT2D eigenvalue weighted by atomic mass is 32.2. The number of hydrogen-bond donors (Lipinski definition) is 5. The summed E-state index contributed by atoms with van der Waals surface area (Å²) in [6, 6.07) is 37.4.